The molecule has 0 spiro atoms. The summed E-state index contributed by atoms with van der Waals surface area (Å²) in [6, 6.07) is 0. The highest BCUT2D eigenvalue weighted by atomic mass is 16.6. The van der Waals surface area contributed by atoms with Crippen molar-refractivity contribution in [3.8, 4) is 0 Å². The fourth-order valence-corrected chi connectivity index (χ4v) is 7.06. The van der Waals surface area contributed by atoms with Crippen LogP contribution in [0.1, 0.15) is 239 Å². The molecule has 0 aromatic heterocycles. The van der Waals surface area contributed by atoms with E-state index < -0.39 is 6.10 Å². The standard InChI is InChI=1S/C59H98O6/c1-4-7-10-13-16-19-22-24-26-28-30-32-33-35-37-40-43-46-49-52-58(61)64-55-56(54-63-57(60)51-48-45-42-39-21-18-15-12-9-6-3)65-59(62)53-50-47-44-41-38-36-34-31-29-27-25-23-20-17-14-11-8-5-2/h7,10,15-16,18-19,23-27,29-32,34,56H,4-6,8-9,11-14,17,20-22,28,33,35-55H2,1-3H3/b10-7-,18-15-,19-16-,25-23-,26-24-,29-27-,32-30-,34-31-. The van der Waals surface area contributed by atoms with Crippen molar-refractivity contribution in [1.82, 2.24) is 0 Å². The highest BCUT2D eigenvalue weighted by Gasteiger charge is 2.19. The zero-order valence-corrected chi connectivity index (χ0v) is 42.2. The zero-order chi connectivity index (χ0) is 47.2. The smallest absolute Gasteiger partial charge is 0.306 e. The van der Waals surface area contributed by atoms with Gasteiger partial charge in [-0.3, -0.25) is 14.4 Å². The van der Waals surface area contributed by atoms with Crippen molar-refractivity contribution in [2.75, 3.05) is 13.2 Å². The average Bonchev–Trinajstić information content (AvgIpc) is 3.30. The van der Waals surface area contributed by atoms with E-state index in [1.807, 2.05) is 0 Å². The summed E-state index contributed by atoms with van der Waals surface area (Å²) in [4.78, 5) is 38.0. The summed E-state index contributed by atoms with van der Waals surface area (Å²) in [5.41, 5.74) is 0. The van der Waals surface area contributed by atoms with Crippen molar-refractivity contribution < 1.29 is 28.6 Å². The molecule has 6 nitrogen and oxygen atoms in total. The van der Waals surface area contributed by atoms with Gasteiger partial charge in [-0.15, -0.1) is 0 Å². The minimum atomic E-state index is -0.799. The van der Waals surface area contributed by atoms with Gasteiger partial charge in [-0.1, -0.05) is 214 Å². The van der Waals surface area contributed by atoms with Crippen LogP contribution in [0.4, 0.5) is 0 Å². The second-order valence-corrected chi connectivity index (χ2v) is 17.5. The molecule has 6 heteroatoms. The second kappa shape index (κ2) is 52.9. The number of ether oxygens (including phenoxy) is 3. The van der Waals surface area contributed by atoms with Crippen LogP contribution in [0.2, 0.25) is 0 Å². The van der Waals surface area contributed by atoms with Crippen LogP contribution < -0.4 is 0 Å². The van der Waals surface area contributed by atoms with Crippen LogP contribution in [-0.4, -0.2) is 37.2 Å². The Morgan fingerprint density at radius 3 is 1.12 bits per heavy atom. The normalized spacial score (nSPS) is 12.8. The molecule has 0 bridgehead atoms. The van der Waals surface area contributed by atoms with E-state index >= 15 is 0 Å². The molecule has 1 atom stereocenters. The van der Waals surface area contributed by atoms with Crippen LogP contribution in [0, 0.1) is 0 Å². The molecule has 0 fully saturated rings. The molecule has 0 rings (SSSR count). The van der Waals surface area contributed by atoms with Gasteiger partial charge in [-0.05, 0) is 103 Å². The molecular formula is C59H98O6. The first-order valence-electron chi connectivity index (χ1n) is 26.8. The molecule has 0 heterocycles. The van der Waals surface area contributed by atoms with Crippen LogP contribution in [-0.2, 0) is 28.6 Å². The minimum absolute atomic E-state index is 0.0978. The third-order valence-corrected chi connectivity index (χ3v) is 11.1. The number of rotatable bonds is 47. The van der Waals surface area contributed by atoms with Gasteiger partial charge in [0.2, 0.25) is 0 Å². The van der Waals surface area contributed by atoms with Crippen LogP contribution >= 0.6 is 0 Å². The molecule has 1 unspecified atom stereocenters. The molecule has 0 aliphatic carbocycles. The van der Waals surface area contributed by atoms with Gasteiger partial charge < -0.3 is 14.2 Å². The van der Waals surface area contributed by atoms with Crippen LogP contribution in [0.3, 0.4) is 0 Å². The Balaban J connectivity index is 4.43. The Bertz CT molecular complexity index is 1310. The van der Waals surface area contributed by atoms with E-state index in [1.165, 1.54) is 57.8 Å². The van der Waals surface area contributed by atoms with Gasteiger partial charge in [0, 0.05) is 19.3 Å². The summed E-state index contributed by atoms with van der Waals surface area (Å²) >= 11 is 0. The number of carbonyl (C=O) groups is 3. The van der Waals surface area contributed by atoms with E-state index in [0.29, 0.717) is 19.3 Å². The van der Waals surface area contributed by atoms with E-state index in [2.05, 4.69) is 118 Å². The Hall–Kier alpha value is -3.67. The predicted octanol–water partition coefficient (Wildman–Crippen LogP) is 17.8. The van der Waals surface area contributed by atoms with Gasteiger partial charge in [-0.25, -0.2) is 0 Å². The van der Waals surface area contributed by atoms with Gasteiger partial charge in [0.1, 0.15) is 13.2 Å². The molecule has 0 saturated carbocycles. The Kier molecular flexibility index (Phi) is 50.0. The molecular weight excluding hydrogens is 805 g/mol. The molecule has 65 heavy (non-hydrogen) atoms. The van der Waals surface area contributed by atoms with Gasteiger partial charge >= 0.3 is 17.9 Å². The summed E-state index contributed by atoms with van der Waals surface area (Å²) in [5.74, 6) is -0.947. The molecule has 0 amide bonds. The molecule has 0 N–H and O–H groups in total. The van der Waals surface area contributed by atoms with Crippen molar-refractivity contribution in [3.63, 3.8) is 0 Å². The van der Waals surface area contributed by atoms with E-state index in [9.17, 15) is 14.4 Å². The largest absolute Gasteiger partial charge is 0.462 e. The lowest BCUT2D eigenvalue weighted by Crippen LogP contribution is -2.30. The number of hydrogen-bond donors (Lipinski definition) is 0. The lowest BCUT2D eigenvalue weighted by Gasteiger charge is -2.18. The summed E-state index contributed by atoms with van der Waals surface area (Å²) < 4.78 is 16.8. The topological polar surface area (TPSA) is 78.9 Å². The summed E-state index contributed by atoms with van der Waals surface area (Å²) in [6.45, 7) is 6.42. The summed E-state index contributed by atoms with van der Waals surface area (Å²) in [7, 11) is 0. The van der Waals surface area contributed by atoms with Crippen LogP contribution in [0.15, 0.2) is 97.2 Å². The molecule has 0 aromatic rings. The van der Waals surface area contributed by atoms with Crippen molar-refractivity contribution >= 4 is 17.9 Å². The minimum Gasteiger partial charge on any atom is -0.462 e. The summed E-state index contributed by atoms with van der Waals surface area (Å²) in [6.07, 6.45) is 69.6. The van der Waals surface area contributed by atoms with Crippen molar-refractivity contribution in [2.45, 2.75) is 245 Å². The lowest BCUT2D eigenvalue weighted by molar-refractivity contribution is -0.167. The van der Waals surface area contributed by atoms with Crippen LogP contribution in [0.25, 0.3) is 0 Å². The molecule has 0 aliphatic heterocycles. The lowest BCUT2D eigenvalue weighted by atomic mass is 10.1. The second-order valence-electron chi connectivity index (χ2n) is 17.5. The maximum absolute atomic E-state index is 12.8. The van der Waals surface area contributed by atoms with Gasteiger partial charge in [-0.2, -0.15) is 0 Å². The third kappa shape index (κ3) is 51.2. The highest BCUT2D eigenvalue weighted by molar-refractivity contribution is 5.71. The first kappa shape index (κ1) is 61.3. The SMILES string of the molecule is CC/C=C\C/C=C\C/C=C\C/C=C\CCCCCCCCC(=O)OCC(COC(=O)CCCCCC/C=C\CCCC)OC(=O)CCCCCCC\C=C/C=C\C=C/CCCCCCC. The number of unbranched alkanes of at least 4 members (excludes halogenated alkanes) is 22. The predicted molar refractivity (Wildman–Crippen MR) is 279 cm³/mol. The molecule has 0 aliphatic rings. The molecule has 0 saturated heterocycles. The molecule has 0 radical (unpaired) electrons. The van der Waals surface area contributed by atoms with Crippen molar-refractivity contribution in [3.05, 3.63) is 97.2 Å². The van der Waals surface area contributed by atoms with Gasteiger partial charge in [0.15, 0.2) is 6.10 Å². The summed E-state index contributed by atoms with van der Waals surface area (Å²) in [5, 5.41) is 0. The highest BCUT2D eigenvalue weighted by Crippen LogP contribution is 2.13. The fraction of sp³-hybridized carbons (Fsp3) is 0.678. The first-order valence-corrected chi connectivity index (χ1v) is 26.8. The fourth-order valence-electron chi connectivity index (χ4n) is 7.06. The Morgan fingerprint density at radius 2 is 0.677 bits per heavy atom. The number of allylic oxidation sites excluding steroid dienone is 16. The maximum Gasteiger partial charge on any atom is 0.306 e. The molecule has 370 valence electrons. The number of carbonyl (C=O) groups excluding carboxylic acids is 3. The monoisotopic (exact) mass is 903 g/mol. The zero-order valence-electron chi connectivity index (χ0n) is 42.2. The van der Waals surface area contributed by atoms with Crippen LogP contribution in [0.5, 0.6) is 0 Å². The Morgan fingerprint density at radius 1 is 0.338 bits per heavy atom. The average molecular weight is 903 g/mol. The van der Waals surface area contributed by atoms with E-state index in [4.69, 9.17) is 14.2 Å². The quantitative estimate of drug-likeness (QED) is 0.0199. The van der Waals surface area contributed by atoms with E-state index in [0.717, 1.165) is 141 Å². The van der Waals surface area contributed by atoms with Crippen molar-refractivity contribution in [1.29, 1.82) is 0 Å². The molecule has 0 aromatic carbocycles. The maximum atomic E-state index is 12.8. The van der Waals surface area contributed by atoms with Gasteiger partial charge in [0.05, 0.1) is 0 Å². The number of esters is 3. The first-order chi connectivity index (χ1) is 32.0. The number of hydrogen-bond acceptors (Lipinski definition) is 6. The van der Waals surface area contributed by atoms with E-state index in [-0.39, 0.29) is 31.1 Å². The Labute approximate surface area is 400 Å². The van der Waals surface area contributed by atoms with E-state index in [1.54, 1.807) is 0 Å². The third-order valence-electron chi connectivity index (χ3n) is 11.1. The van der Waals surface area contributed by atoms with Crippen molar-refractivity contribution in [2.24, 2.45) is 0 Å². The van der Waals surface area contributed by atoms with Gasteiger partial charge in [0.25, 0.3) is 0 Å².